The van der Waals surface area contributed by atoms with Crippen LogP contribution in [-0.2, 0) is 0 Å². The first kappa shape index (κ1) is 29.7. The molecule has 3 nitrogen and oxygen atoms in total. The van der Waals surface area contributed by atoms with Crippen molar-refractivity contribution < 1.29 is 13.9 Å². The largest absolute Gasteiger partial charge is 0.460 e. The van der Waals surface area contributed by atoms with Crippen LogP contribution in [-0.4, -0.2) is 4.89 Å². The SMILES string of the molecule is OP(Oc1ccccc1-c1ccc2ccccc2c1)Oc1cc2c(-c3ccccc3)cc(-c3ccccc3)cc2cc1-c1ccccc1. The van der Waals surface area contributed by atoms with E-state index in [0.29, 0.717) is 11.5 Å². The van der Waals surface area contributed by atoms with Gasteiger partial charge in [-0.15, -0.1) is 0 Å². The smallest absolute Gasteiger partial charge is 0.417 e. The fraction of sp³-hybridized carbons (Fsp3) is 0. The van der Waals surface area contributed by atoms with Gasteiger partial charge in [0.15, 0.2) is 0 Å². The molecule has 48 heavy (non-hydrogen) atoms. The van der Waals surface area contributed by atoms with E-state index in [1.54, 1.807) is 0 Å². The third-order valence-electron chi connectivity index (χ3n) is 8.63. The molecule has 0 radical (unpaired) electrons. The molecule has 0 saturated heterocycles. The minimum absolute atomic E-state index is 0.551. The molecule has 0 bridgehead atoms. The first-order valence-electron chi connectivity index (χ1n) is 15.9. The summed E-state index contributed by atoms with van der Waals surface area (Å²) in [6.07, 6.45) is 0. The Morgan fingerprint density at radius 2 is 0.896 bits per heavy atom. The summed E-state index contributed by atoms with van der Waals surface area (Å²) in [4.78, 5) is 11.4. The van der Waals surface area contributed by atoms with Crippen molar-refractivity contribution in [2.24, 2.45) is 0 Å². The third-order valence-corrected chi connectivity index (χ3v) is 9.34. The molecule has 1 N–H and O–H groups in total. The van der Waals surface area contributed by atoms with Crippen molar-refractivity contribution in [2.75, 3.05) is 0 Å². The van der Waals surface area contributed by atoms with Crippen LogP contribution < -0.4 is 9.05 Å². The summed E-state index contributed by atoms with van der Waals surface area (Å²) in [6.45, 7) is 0. The van der Waals surface area contributed by atoms with Gasteiger partial charge >= 0.3 is 8.60 Å². The maximum absolute atomic E-state index is 11.4. The number of benzene rings is 8. The van der Waals surface area contributed by atoms with Gasteiger partial charge in [-0.3, -0.25) is 0 Å². The lowest BCUT2D eigenvalue weighted by molar-refractivity contribution is 0.383. The fourth-order valence-electron chi connectivity index (χ4n) is 6.29. The van der Waals surface area contributed by atoms with E-state index in [2.05, 4.69) is 109 Å². The normalized spacial score (nSPS) is 11.8. The van der Waals surface area contributed by atoms with Gasteiger partial charge in [-0.2, -0.15) is 0 Å². The van der Waals surface area contributed by atoms with Gasteiger partial charge in [0.1, 0.15) is 11.5 Å². The van der Waals surface area contributed by atoms with Crippen molar-refractivity contribution in [1.29, 1.82) is 0 Å². The standard InChI is InChI=1S/C44H31O3P/c45-48(46-43-23-13-12-22-39(43)36-25-24-32-16-10-11-21-35(32)26-36)47-44-30-41-38(29-42(44)34-19-8-3-9-20-34)27-37(31-14-4-1-5-15-31)28-40(41)33-17-6-2-7-18-33/h1-30,45H. The van der Waals surface area contributed by atoms with Crippen molar-refractivity contribution >= 4 is 30.1 Å². The average molecular weight is 639 g/mol. The van der Waals surface area contributed by atoms with E-state index >= 15 is 0 Å². The Kier molecular flexibility index (Phi) is 8.14. The molecule has 0 amide bonds. The minimum Gasteiger partial charge on any atom is -0.417 e. The van der Waals surface area contributed by atoms with Crippen LogP contribution in [0.3, 0.4) is 0 Å². The van der Waals surface area contributed by atoms with Gasteiger partial charge in [0, 0.05) is 11.1 Å². The molecular weight excluding hydrogens is 607 g/mol. The summed E-state index contributed by atoms with van der Waals surface area (Å²) in [6, 6.07) is 62.0. The number of rotatable bonds is 8. The van der Waals surface area contributed by atoms with Gasteiger partial charge < -0.3 is 13.9 Å². The highest BCUT2D eigenvalue weighted by Gasteiger charge is 2.20. The lowest BCUT2D eigenvalue weighted by atomic mass is 9.91. The Balaban J connectivity index is 1.22. The van der Waals surface area contributed by atoms with Crippen LogP contribution in [0.1, 0.15) is 0 Å². The Morgan fingerprint density at radius 3 is 1.62 bits per heavy atom. The molecule has 0 aromatic heterocycles. The average Bonchev–Trinajstić information content (AvgIpc) is 3.15. The van der Waals surface area contributed by atoms with E-state index < -0.39 is 8.60 Å². The fourth-order valence-corrected chi connectivity index (χ4v) is 6.98. The van der Waals surface area contributed by atoms with E-state index in [1.165, 1.54) is 5.39 Å². The Bertz CT molecular complexity index is 2360. The maximum atomic E-state index is 11.4. The Morgan fingerprint density at radius 1 is 0.333 bits per heavy atom. The molecule has 0 aliphatic heterocycles. The van der Waals surface area contributed by atoms with E-state index in [4.69, 9.17) is 9.05 Å². The molecule has 8 aromatic carbocycles. The van der Waals surface area contributed by atoms with E-state index in [-0.39, 0.29) is 0 Å². The molecule has 0 saturated carbocycles. The summed E-state index contributed by atoms with van der Waals surface area (Å²) in [5, 5.41) is 4.41. The second-order valence-corrected chi connectivity index (χ2v) is 12.5. The summed E-state index contributed by atoms with van der Waals surface area (Å²) < 4.78 is 12.6. The first-order chi connectivity index (χ1) is 23.7. The molecule has 0 fully saturated rings. The van der Waals surface area contributed by atoms with Crippen LogP contribution in [0.2, 0.25) is 0 Å². The van der Waals surface area contributed by atoms with Crippen LogP contribution in [0.4, 0.5) is 0 Å². The Hall–Kier alpha value is -5.73. The quantitative estimate of drug-likeness (QED) is 0.168. The van der Waals surface area contributed by atoms with E-state index in [0.717, 1.165) is 60.7 Å². The number of hydrogen-bond donors (Lipinski definition) is 1. The number of fused-ring (bicyclic) bond motifs is 2. The maximum Gasteiger partial charge on any atom is 0.460 e. The molecule has 4 heteroatoms. The highest BCUT2D eigenvalue weighted by molar-refractivity contribution is 7.41. The second-order valence-electron chi connectivity index (χ2n) is 11.7. The summed E-state index contributed by atoms with van der Waals surface area (Å²) in [5.41, 5.74) is 8.22. The van der Waals surface area contributed by atoms with Crippen molar-refractivity contribution in [2.45, 2.75) is 0 Å². The van der Waals surface area contributed by atoms with Gasteiger partial charge in [-0.05, 0) is 91.3 Å². The van der Waals surface area contributed by atoms with Crippen molar-refractivity contribution in [3.05, 3.63) is 182 Å². The highest BCUT2D eigenvalue weighted by Crippen LogP contribution is 2.47. The zero-order chi connectivity index (χ0) is 32.3. The molecule has 0 aliphatic rings. The molecule has 8 aromatic rings. The predicted molar refractivity (Wildman–Crippen MR) is 200 cm³/mol. The lowest BCUT2D eigenvalue weighted by Crippen LogP contribution is -1.98. The topological polar surface area (TPSA) is 38.7 Å². The Labute approximate surface area is 281 Å². The number of hydrogen-bond acceptors (Lipinski definition) is 3. The van der Waals surface area contributed by atoms with Crippen LogP contribution in [0.15, 0.2) is 182 Å². The highest BCUT2D eigenvalue weighted by atomic mass is 31.2. The summed E-state index contributed by atoms with van der Waals surface area (Å²) in [7, 11) is -2.34. The van der Waals surface area contributed by atoms with E-state index in [1.807, 2.05) is 72.8 Å². The molecule has 1 unspecified atom stereocenters. The minimum atomic E-state index is -2.34. The first-order valence-corrected chi connectivity index (χ1v) is 17.0. The van der Waals surface area contributed by atoms with Crippen LogP contribution >= 0.6 is 8.60 Å². The molecule has 8 rings (SSSR count). The van der Waals surface area contributed by atoms with Crippen LogP contribution in [0.5, 0.6) is 11.5 Å². The van der Waals surface area contributed by atoms with Crippen molar-refractivity contribution in [3.8, 4) is 56.0 Å². The van der Waals surface area contributed by atoms with Crippen molar-refractivity contribution in [3.63, 3.8) is 0 Å². The molecule has 0 spiro atoms. The third kappa shape index (κ3) is 6.06. The molecule has 0 aliphatic carbocycles. The van der Waals surface area contributed by atoms with Gasteiger partial charge in [-0.1, -0.05) is 146 Å². The van der Waals surface area contributed by atoms with Gasteiger partial charge in [-0.25, -0.2) is 0 Å². The monoisotopic (exact) mass is 638 g/mol. The molecule has 1 atom stereocenters. The lowest BCUT2D eigenvalue weighted by Gasteiger charge is -2.19. The summed E-state index contributed by atoms with van der Waals surface area (Å²) >= 11 is 0. The van der Waals surface area contributed by atoms with Gasteiger partial charge in [0.05, 0.1) is 0 Å². The van der Waals surface area contributed by atoms with Crippen LogP contribution in [0.25, 0.3) is 66.1 Å². The zero-order valence-electron chi connectivity index (χ0n) is 26.0. The number of para-hydroxylation sites is 1. The van der Waals surface area contributed by atoms with Gasteiger partial charge in [0.2, 0.25) is 0 Å². The zero-order valence-corrected chi connectivity index (χ0v) is 26.9. The summed E-state index contributed by atoms with van der Waals surface area (Å²) in [5.74, 6) is 1.11. The van der Waals surface area contributed by atoms with Gasteiger partial charge in [0.25, 0.3) is 0 Å². The molecule has 0 heterocycles. The molecule has 230 valence electrons. The second kappa shape index (κ2) is 13.2. The van der Waals surface area contributed by atoms with Crippen LogP contribution in [0, 0.1) is 0 Å². The van der Waals surface area contributed by atoms with Crippen molar-refractivity contribution in [1.82, 2.24) is 0 Å². The predicted octanol–water partition coefficient (Wildman–Crippen LogP) is 12.3. The van der Waals surface area contributed by atoms with E-state index in [9.17, 15) is 4.89 Å². The molecular formula is C44H31O3P.